The third-order valence-electron chi connectivity index (χ3n) is 2.89. The van der Waals surface area contributed by atoms with Crippen molar-refractivity contribution in [2.24, 2.45) is 5.92 Å². The zero-order valence-electron chi connectivity index (χ0n) is 9.89. The molecule has 94 valence electrons. The van der Waals surface area contributed by atoms with Gasteiger partial charge in [-0.05, 0) is 30.9 Å². The summed E-state index contributed by atoms with van der Waals surface area (Å²) in [6.45, 7) is 0.846. The molecule has 1 heterocycles. The van der Waals surface area contributed by atoms with Gasteiger partial charge in [0.25, 0.3) is 0 Å². The van der Waals surface area contributed by atoms with Crippen molar-refractivity contribution in [3.63, 3.8) is 0 Å². The van der Waals surface area contributed by atoms with Gasteiger partial charge in [0.15, 0.2) is 4.34 Å². The lowest BCUT2D eigenvalue weighted by Crippen LogP contribution is -2.27. The van der Waals surface area contributed by atoms with E-state index in [1.807, 2.05) is 18.2 Å². The van der Waals surface area contributed by atoms with E-state index in [1.165, 1.54) is 29.3 Å². The maximum Gasteiger partial charge on any atom is 0.230 e. The number of nitrogens with one attached hydrogen (secondary N) is 1. The second-order valence-electron chi connectivity index (χ2n) is 4.48. The van der Waals surface area contributed by atoms with Gasteiger partial charge >= 0.3 is 0 Å². The van der Waals surface area contributed by atoms with E-state index >= 15 is 0 Å². The monoisotopic (exact) mass is 278 g/mol. The van der Waals surface area contributed by atoms with Crippen molar-refractivity contribution in [1.82, 2.24) is 10.3 Å². The highest BCUT2D eigenvalue weighted by Crippen LogP contribution is 2.29. The molecule has 0 saturated heterocycles. The molecule has 0 atom stereocenters. The Morgan fingerprint density at radius 3 is 3.06 bits per heavy atom. The van der Waals surface area contributed by atoms with Gasteiger partial charge in [-0.3, -0.25) is 4.79 Å². The first-order valence-corrected chi connectivity index (χ1v) is 7.86. The molecule has 1 aromatic heterocycles. The molecule has 18 heavy (non-hydrogen) atoms. The second-order valence-corrected chi connectivity index (χ2v) is 6.74. The van der Waals surface area contributed by atoms with Crippen LogP contribution in [-0.2, 0) is 4.79 Å². The van der Waals surface area contributed by atoms with Gasteiger partial charge < -0.3 is 5.32 Å². The summed E-state index contributed by atoms with van der Waals surface area (Å²) in [7, 11) is 0. The average molecular weight is 278 g/mol. The Hall–Kier alpha value is -1.07. The Balaban J connectivity index is 1.53. The first kappa shape index (κ1) is 12.0. The zero-order valence-corrected chi connectivity index (χ0v) is 11.5. The van der Waals surface area contributed by atoms with Gasteiger partial charge in [-0.1, -0.05) is 23.9 Å². The maximum absolute atomic E-state index is 11.6. The molecule has 0 unspecified atom stereocenters. The number of rotatable bonds is 5. The van der Waals surface area contributed by atoms with Crippen LogP contribution >= 0.6 is 23.1 Å². The SMILES string of the molecule is O=C(CSc1nc2ccccc2s1)NCC1CC1. The van der Waals surface area contributed by atoms with Crippen molar-refractivity contribution in [1.29, 1.82) is 0 Å². The molecule has 0 spiro atoms. The molecule has 0 radical (unpaired) electrons. The molecule has 1 N–H and O–H groups in total. The molecule has 1 aliphatic rings. The van der Waals surface area contributed by atoms with E-state index in [2.05, 4.69) is 16.4 Å². The van der Waals surface area contributed by atoms with Crippen LogP contribution in [0.25, 0.3) is 10.2 Å². The summed E-state index contributed by atoms with van der Waals surface area (Å²) in [6.07, 6.45) is 2.54. The normalized spacial score (nSPS) is 14.9. The second kappa shape index (κ2) is 5.28. The fraction of sp³-hybridized carbons (Fsp3) is 0.385. The predicted molar refractivity (Wildman–Crippen MR) is 76.1 cm³/mol. The van der Waals surface area contributed by atoms with Crippen molar-refractivity contribution in [2.75, 3.05) is 12.3 Å². The Morgan fingerprint density at radius 1 is 1.44 bits per heavy atom. The van der Waals surface area contributed by atoms with Crippen molar-refractivity contribution in [3.8, 4) is 0 Å². The Kier molecular flexibility index (Phi) is 3.52. The number of aromatic nitrogens is 1. The fourth-order valence-corrected chi connectivity index (χ4v) is 3.57. The van der Waals surface area contributed by atoms with E-state index in [1.54, 1.807) is 11.3 Å². The summed E-state index contributed by atoms with van der Waals surface area (Å²) >= 11 is 3.17. The first-order valence-electron chi connectivity index (χ1n) is 6.06. The summed E-state index contributed by atoms with van der Waals surface area (Å²) in [5.41, 5.74) is 1.02. The van der Waals surface area contributed by atoms with Gasteiger partial charge in [-0.15, -0.1) is 11.3 Å². The topological polar surface area (TPSA) is 42.0 Å². The molecule has 1 saturated carbocycles. The first-order chi connectivity index (χ1) is 8.81. The lowest BCUT2D eigenvalue weighted by Gasteiger charge is -2.01. The molecule has 1 aromatic carbocycles. The molecule has 3 rings (SSSR count). The minimum Gasteiger partial charge on any atom is -0.355 e. The van der Waals surface area contributed by atoms with Gasteiger partial charge in [0.05, 0.1) is 16.0 Å². The minimum absolute atomic E-state index is 0.117. The van der Waals surface area contributed by atoms with Gasteiger partial charge in [0.1, 0.15) is 0 Å². The van der Waals surface area contributed by atoms with Crippen molar-refractivity contribution in [3.05, 3.63) is 24.3 Å². The molecule has 1 aliphatic carbocycles. The van der Waals surface area contributed by atoms with Crippen LogP contribution < -0.4 is 5.32 Å². The van der Waals surface area contributed by atoms with Crippen LogP contribution in [0.3, 0.4) is 0 Å². The number of nitrogens with zero attached hydrogens (tertiary/aromatic N) is 1. The van der Waals surface area contributed by atoms with E-state index in [0.717, 1.165) is 22.3 Å². The van der Waals surface area contributed by atoms with E-state index in [0.29, 0.717) is 5.75 Å². The highest BCUT2D eigenvalue weighted by molar-refractivity contribution is 8.01. The number of thioether (sulfide) groups is 1. The molecule has 3 nitrogen and oxygen atoms in total. The lowest BCUT2D eigenvalue weighted by molar-refractivity contribution is -0.118. The summed E-state index contributed by atoms with van der Waals surface area (Å²) in [5, 5.41) is 2.97. The Bertz CT molecular complexity index is 530. The third kappa shape index (κ3) is 3.03. The minimum atomic E-state index is 0.117. The van der Waals surface area contributed by atoms with Crippen LogP contribution in [0.1, 0.15) is 12.8 Å². The smallest absolute Gasteiger partial charge is 0.230 e. The number of thiazole rings is 1. The van der Waals surface area contributed by atoms with Crippen LogP contribution in [0.15, 0.2) is 28.6 Å². The van der Waals surface area contributed by atoms with Gasteiger partial charge in [-0.2, -0.15) is 0 Å². The van der Waals surface area contributed by atoms with Crippen LogP contribution in [0.4, 0.5) is 0 Å². The van der Waals surface area contributed by atoms with E-state index in [4.69, 9.17) is 0 Å². The van der Waals surface area contributed by atoms with Crippen LogP contribution in [0.5, 0.6) is 0 Å². The molecule has 5 heteroatoms. The lowest BCUT2D eigenvalue weighted by atomic mass is 10.3. The molecular formula is C13H14N2OS2. The molecular weight excluding hydrogens is 264 g/mol. The highest BCUT2D eigenvalue weighted by Gasteiger charge is 2.21. The summed E-state index contributed by atoms with van der Waals surface area (Å²) in [6, 6.07) is 8.06. The Morgan fingerprint density at radius 2 is 2.28 bits per heavy atom. The number of hydrogen-bond donors (Lipinski definition) is 1. The van der Waals surface area contributed by atoms with Crippen molar-refractivity contribution in [2.45, 2.75) is 17.2 Å². The fourth-order valence-electron chi connectivity index (χ4n) is 1.67. The molecule has 1 fully saturated rings. The van der Waals surface area contributed by atoms with Crippen LogP contribution in [0, 0.1) is 5.92 Å². The zero-order chi connectivity index (χ0) is 12.4. The number of fused-ring (bicyclic) bond motifs is 1. The number of benzene rings is 1. The number of carbonyl (C=O) groups is 1. The maximum atomic E-state index is 11.6. The summed E-state index contributed by atoms with van der Waals surface area (Å²) in [5.74, 6) is 1.32. The van der Waals surface area contributed by atoms with E-state index < -0.39 is 0 Å². The van der Waals surface area contributed by atoms with Crippen LogP contribution in [0.2, 0.25) is 0 Å². The predicted octanol–water partition coefficient (Wildman–Crippen LogP) is 2.91. The Labute approximate surface area is 114 Å². The average Bonchev–Trinajstić information content (AvgIpc) is 3.11. The molecule has 1 amide bonds. The number of carbonyl (C=O) groups excluding carboxylic acids is 1. The van der Waals surface area contributed by atoms with Crippen LogP contribution in [-0.4, -0.2) is 23.2 Å². The van der Waals surface area contributed by atoms with Gasteiger partial charge in [0.2, 0.25) is 5.91 Å². The molecule has 0 aliphatic heterocycles. The standard InChI is InChI=1S/C13H14N2OS2/c16-12(14-7-9-5-6-9)8-17-13-15-10-3-1-2-4-11(10)18-13/h1-4,9H,5-8H2,(H,14,16). The highest BCUT2D eigenvalue weighted by atomic mass is 32.2. The number of para-hydroxylation sites is 1. The quantitative estimate of drug-likeness (QED) is 0.855. The van der Waals surface area contributed by atoms with Crippen molar-refractivity contribution < 1.29 is 4.79 Å². The summed E-state index contributed by atoms with van der Waals surface area (Å²) in [4.78, 5) is 16.1. The summed E-state index contributed by atoms with van der Waals surface area (Å²) < 4.78 is 2.15. The molecule has 2 aromatic rings. The van der Waals surface area contributed by atoms with E-state index in [-0.39, 0.29) is 5.91 Å². The largest absolute Gasteiger partial charge is 0.355 e. The van der Waals surface area contributed by atoms with Crippen molar-refractivity contribution >= 4 is 39.2 Å². The third-order valence-corrected chi connectivity index (χ3v) is 5.07. The molecule has 0 bridgehead atoms. The number of amides is 1. The van der Waals surface area contributed by atoms with Gasteiger partial charge in [-0.25, -0.2) is 4.98 Å². The van der Waals surface area contributed by atoms with Gasteiger partial charge in [0, 0.05) is 6.54 Å². The number of hydrogen-bond acceptors (Lipinski definition) is 4. The van der Waals surface area contributed by atoms with E-state index in [9.17, 15) is 4.79 Å².